The molecule has 0 atom stereocenters. The highest BCUT2D eigenvalue weighted by Crippen LogP contribution is 2.32. The van der Waals surface area contributed by atoms with E-state index >= 15 is 0 Å². The number of hydrogen-bond donors (Lipinski definition) is 1. The minimum Gasteiger partial charge on any atom is -0.454 e. The normalized spacial score (nSPS) is 12.0. The molecule has 0 spiro atoms. The largest absolute Gasteiger partial charge is 0.454 e. The van der Waals surface area contributed by atoms with Crippen LogP contribution in [0.25, 0.3) is 0 Å². The Morgan fingerprint density at radius 1 is 1.07 bits per heavy atom. The van der Waals surface area contributed by atoms with E-state index in [9.17, 15) is 22.8 Å². The predicted molar refractivity (Wildman–Crippen MR) is 92.3 cm³/mol. The van der Waals surface area contributed by atoms with Crippen LogP contribution in [0, 0.1) is 17.5 Å². The van der Waals surface area contributed by atoms with Gasteiger partial charge in [0.15, 0.2) is 29.0 Å². The van der Waals surface area contributed by atoms with Crippen molar-refractivity contribution >= 4 is 11.8 Å². The van der Waals surface area contributed by atoms with Crippen LogP contribution in [-0.2, 0) is 11.3 Å². The first kappa shape index (κ1) is 19.5. The average Bonchev–Trinajstić information content (AvgIpc) is 3.13. The van der Waals surface area contributed by atoms with E-state index in [1.807, 2.05) is 0 Å². The summed E-state index contributed by atoms with van der Waals surface area (Å²) >= 11 is 0. The van der Waals surface area contributed by atoms with Gasteiger partial charge in [-0.25, -0.2) is 13.2 Å². The summed E-state index contributed by atoms with van der Waals surface area (Å²) in [6.45, 7) is 1.93. The number of carbonyl (C=O) groups excluding carboxylic acids is 2. The maximum atomic E-state index is 13.7. The Morgan fingerprint density at radius 2 is 1.82 bits per heavy atom. The topological polar surface area (TPSA) is 67.9 Å². The fourth-order valence-electron chi connectivity index (χ4n) is 2.71. The van der Waals surface area contributed by atoms with Crippen LogP contribution in [0.5, 0.6) is 11.5 Å². The van der Waals surface area contributed by atoms with Gasteiger partial charge in [-0.2, -0.15) is 0 Å². The second-order valence-corrected chi connectivity index (χ2v) is 6.11. The van der Waals surface area contributed by atoms with Crippen LogP contribution in [0.4, 0.5) is 13.2 Å². The summed E-state index contributed by atoms with van der Waals surface area (Å²) in [7, 11) is 0. The molecule has 0 saturated heterocycles. The summed E-state index contributed by atoms with van der Waals surface area (Å²) in [5.74, 6) is -4.56. The first-order valence-corrected chi connectivity index (χ1v) is 8.42. The Balaban J connectivity index is 1.59. The molecule has 0 radical (unpaired) electrons. The molecule has 0 saturated carbocycles. The van der Waals surface area contributed by atoms with Gasteiger partial charge in [0, 0.05) is 26.6 Å². The van der Waals surface area contributed by atoms with Gasteiger partial charge in [-0.3, -0.25) is 9.59 Å². The van der Waals surface area contributed by atoms with Crippen LogP contribution in [0.2, 0.25) is 0 Å². The second-order valence-electron chi connectivity index (χ2n) is 6.11. The van der Waals surface area contributed by atoms with E-state index in [0.29, 0.717) is 17.6 Å². The summed E-state index contributed by atoms with van der Waals surface area (Å²) in [6.07, 6.45) is 0. The highest BCUT2D eigenvalue weighted by atomic mass is 19.2. The molecule has 2 amide bonds. The van der Waals surface area contributed by atoms with Crippen molar-refractivity contribution < 1.29 is 32.2 Å². The smallest absolute Gasteiger partial charge is 0.254 e. The molecule has 0 aliphatic carbocycles. The Kier molecular flexibility index (Phi) is 5.72. The maximum Gasteiger partial charge on any atom is 0.254 e. The zero-order valence-corrected chi connectivity index (χ0v) is 14.9. The minimum absolute atomic E-state index is 0.00139. The molecule has 1 heterocycles. The lowest BCUT2D eigenvalue weighted by atomic mass is 10.1. The molecule has 2 aromatic rings. The van der Waals surface area contributed by atoms with Gasteiger partial charge < -0.3 is 19.7 Å². The molecule has 0 aromatic heterocycles. The molecule has 1 aliphatic rings. The third-order valence-electron chi connectivity index (χ3n) is 4.20. The zero-order chi connectivity index (χ0) is 20.3. The van der Waals surface area contributed by atoms with Crippen molar-refractivity contribution in [3.63, 3.8) is 0 Å². The van der Waals surface area contributed by atoms with Crippen molar-refractivity contribution in [2.45, 2.75) is 13.5 Å². The Bertz CT molecular complexity index is 920. The first-order chi connectivity index (χ1) is 13.4. The van der Waals surface area contributed by atoms with E-state index in [4.69, 9.17) is 9.47 Å². The Hall–Kier alpha value is -3.23. The number of fused-ring (bicyclic) bond motifs is 1. The Morgan fingerprint density at radius 3 is 2.57 bits per heavy atom. The summed E-state index contributed by atoms with van der Waals surface area (Å²) in [5.41, 5.74) is 0.196. The number of hydrogen-bond acceptors (Lipinski definition) is 4. The monoisotopic (exact) mass is 394 g/mol. The van der Waals surface area contributed by atoms with Gasteiger partial charge in [-0.15, -0.1) is 0 Å². The quantitative estimate of drug-likeness (QED) is 0.765. The molecule has 3 rings (SSSR count). The van der Waals surface area contributed by atoms with Crippen LogP contribution in [0.15, 0.2) is 30.3 Å². The molecule has 0 unspecified atom stereocenters. The van der Waals surface area contributed by atoms with Crippen molar-refractivity contribution in [2.75, 3.05) is 19.9 Å². The number of benzene rings is 2. The fourth-order valence-corrected chi connectivity index (χ4v) is 2.71. The van der Waals surface area contributed by atoms with Crippen LogP contribution in [-0.4, -0.2) is 36.6 Å². The highest BCUT2D eigenvalue weighted by Gasteiger charge is 2.19. The molecule has 2 aromatic carbocycles. The SMILES string of the molecule is CC(=O)N(CCNC(=O)c1ccc(F)c(F)c1F)Cc1ccc2c(c1)OCO2. The number of nitrogens with one attached hydrogen (secondary N) is 1. The molecule has 148 valence electrons. The average molecular weight is 394 g/mol. The molecule has 28 heavy (non-hydrogen) atoms. The molecule has 1 N–H and O–H groups in total. The van der Waals surface area contributed by atoms with Gasteiger partial charge in [-0.1, -0.05) is 6.07 Å². The van der Waals surface area contributed by atoms with Gasteiger partial charge >= 0.3 is 0 Å². The van der Waals surface area contributed by atoms with E-state index in [0.717, 1.165) is 11.6 Å². The summed E-state index contributed by atoms with van der Waals surface area (Å²) in [6, 6.07) is 6.82. The first-order valence-electron chi connectivity index (χ1n) is 8.42. The van der Waals surface area contributed by atoms with Crippen LogP contribution in [0.3, 0.4) is 0 Å². The molecule has 6 nitrogen and oxygen atoms in total. The van der Waals surface area contributed by atoms with Crippen molar-refractivity contribution in [3.05, 3.63) is 58.9 Å². The second kappa shape index (κ2) is 8.20. The third kappa shape index (κ3) is 4.19. The van der Waals surface area contributed by atoms with Gasteiger partial charge in [-0.05, 0) is 29.8 Å². The lowest BCUT2D eigenvalue weighted by molar-refractivity contribution is -0.129. The summed E-state index contributed by atoms with van der Waals surface area (Å²) < 4.78 is 50.4. The zero-order valence-electron chi connectivity index (χ0n) is 14.9. The summed E-state index contributed by atoms with van der Waals surface area (Å²) in [5, 5.41) is 2.39. The summed E-state index contributed by atoms with van der Waals surface area (Å²) in [4.78, 5) is 25.3. The third-order valence-corrected chi connectivity index (χ3v) is 4.20. The van der Waals surface area contributed by atoms with Crippen molar-refractivity contribution in [1.29, 1.82) is 0 Å². The number of halogens is 3. The van der Waals surface area contributed by atoms with Gasteiger partial charge in [0.1, 0.15) is 0 Å². The molecule has 1 aliphatic heterocycles. The van der Waals surface area contributed by atoms with Crippen molar-refractivity contribution in [1.82, 2.24) is 10.2 Å². The van der Waals surface area contributed by atoms with E-state index in [1.54, 1.807) is 18.2 Å². The lowest BCUT2D eigenvalue weighted by Gasteiger charge is -2.21. The van der Waals surface area contributed by atoms with Crippen LogP contribution < -0.4 is 14.8 Å². The maximum absolute atomic E-state index is 13.7. The van der Waals surface area contributed by atoms with E-state index in [2.05, 4.69) is 5.32 Å². The van der Waals surface area contributed by atoms with Crippen molar-refractivity contribution in [2.24, 2.45) is 0 Å². The van der Waals surface area contributed by atoms with E-state index in [-0.39, 0.29) is 32.3 Å². The van der Waals surface area contributed by atoms with Crippen molar-refractivity contribution in [3.8, 4) is 11.5 Å². The minimum atomic E-state index is -1.71. The Labute approximate surface area is 158 Å². The molecule has 0 bridgehead atoms. The van der Waals surface area contributed by atoms with Gasteiger partial charge in [0.25, 0.3) is 5.91 Å². The number of amides is 2. The van der Waals surface area contributed by atoms with E-state index in [1.165, 1.54) is 11.8 Å². The fraction of sp³-hybridized carbons (Fsp3) is 0.263. The number of rotatable bonds is 6. The van der Waals surface area contributed by atoms with Gasteiger partial charge in [0.05, 0.1) is 5.56 Å². The predicted octanol–water partition coefficient (Wildman–Crippen LogP) is 2.61. The number of carbonyl (C=O) groups is 2. The van der Waals surface area contributed by atoms with Crippen LogP contribution in [0.1, 0.15) is 22.8 Å². The van der Waals surface area contributed by atoms with Crippen LogP contribution >= 0.6 is 0 Å². The van der Waals surface area contributed by atoms with Gasteiger partial charge in [0.2, 0.25) is 12.7 Å². The van der Waals surface area contributed by atoms with E-state index < -0.39 is 28.9 Å². The highest BCUT2D eigenvalue weighted by molar-refractivity contribution is 5.94. The molecule has 0 fully saturated rings. The molecular formula is C19H17F3N2O4. The number of nitrogens with zero attached hydrogens (tertiary/aromatic N) is 1. The molecular weight excluding hydrogens is 377 g/mol. The lowest BCUT2D eigenvalue weighted by Crippen LogP contribution is -2.37. The molecule has 9 heteroatoms. The standard InChI is InChI=1S/C19H17F3N2O4/c1-11(25)24(9-12-2-5-15-16(8-12)28-10-27-15)7-6-23-19(26)13-3-4-14(20)18(22)17(13)21/h2-5,8H,6-7,9-10H2,1H3,(H,23,26). The number of ether oxygens (including phenoxy) is 2.